The minimum atomic E-state index is -0.254. The van der Waals surface area contributed by atoms with E-state index in [1.54, 1.807) is 0 Å². The van der Waals surface area contributed by atoms with Crippen molar-refractivity contribution in [2.45, 2.75) is 25.8 Å². The van der Waals surface area contributed by atoms with Gasteiger partial charge in [-0.1, -0.05) is 38.0 Å². The monoisotopic (exact) mass is 243 g/mol. The molecule has 2 rings (SSSR count). The predicted molar refractivity (Wildman–Crippen MR) is 70.3 cm³/mol. The third-order valence-corrected chi connectivity index (χ3v) is 3.16. The molecule has 1 heterocycles. The van der Waals surface area contributed by atoms with Crippen LogP contribution >= 0.6 is 0 Å². The van der Waals surface area contributed by atoms with E-state index in [2.05, 4.69) is 11.2 Å². The van der Waals surface area contributed by atoms with Crippen LogP contribution in [0.3, 0.4) is 0 Å². The van der Waals surface area contributed by atoms with Gasteiger partial charge in [0.2, 0.25) is 5.91 Å². The number of terminal acetylenes is 1. The Labute approximate surface area is 108 Å². The Morgan fingerprint density at radius 1 is 1.50 bits per heavy atom. The third kappa shape index (κ3) is 2.33. The summed E-state index contributed by atoms with van der Waals surface area (Å²) in [7, 11) is 0. The zero-order valence-corrected chi connectivity index (χ0v) is 10.6. The number of rotatable bonds is 3. The molecule has 0 saturated heterocycles. The average molecular weight is 243 g/mol. The van der Waals surface area contributed by atoms with Gasteiger partial charge >= 0.3 is 0 Å². The SMILES string of the molecule is C#CC(NC(=O)C1COc2ccccc21)C(C)C. The number of nitrogens with one attached hydrogen (secondary N) is 1. The van der Waals surface area contributed by atoms with Crippen molar-refractivity contribution in [2.24, 2.45) is 5.92 Å². The summed E-state index contributed by atoms with van der Waals surface area (Å²) >= 11 is 0. The first kappa shape index (κ1) is 12.5. The maximum absolute atomic E-state index is 12.2. The van der Waals surface area contributed by atoms with Gasteiger partial charge in [-0.25, -0.2) is 0 Å². The molecule has 2 unspecified atom stereocenters. The molecule has 18 heavy (non-hydrogen) atoms. The molecule has 3 nitrogen and oxygen atoms in total. The number of carbonyl (C=O) groups excluding carboxylic acids is 1. The van der Waals surface area contributed by atoms with Gasteiger partial charge in [-0.15, -0.1) is 6.42 Å². The summed E-state index contributed by atoms with van der Waals surface area (Å²) in [6.07, 6.45) is 5.42. The second-order valence-electron chi connectivity index (χ2n) is 4.80. The van der Waals surface area contributed by atoms with Crippen LogP contribution in [0.2, 0.25) is 0 Å². The molecular weight excluding hydrogens is 226 g/mol. The Kier molecular flexibility index (Phi) is 3.57. The third-order valence-electron chi connectivity index (χ3n) is 3.16. The normalized spacial score (nSPS) is 18.7. The summed E-state index contributed by atoms with van der Waals surface area (Å²) in [5.74, 6) is 3.30. The average Bonchev–Trinajstić information content (AvgIpc) is 2.79. The molecule has 0 aromatic heterocycles. The van der Waals surface area contributed by atoms with Crippen molar-refractivity contribution in [2.75, 3.05) is 6.61 Å². The highest BCUT2D eigenvalue weighted by atomic mass is 16.5. The minimum Gasteiger partial charge on any atom is -0.492 e. The molecule has 0 radical (unpaired) electrons. The first-order valence-corrected chi connectivity index (χ1v) is 6.11. The number of hydrogen-bond donors (Lipinski definition) is 1. The summed E-state index contributed by atoms with van der Waals surface area (Å²) in [5, 5.41) is 2.89. The Morgan fingerprint density at radius 2 is 2.22 bits per heavy atom. The van der Waals surface area contributed by atoms with Crippen LogP contribution in [-0.4, -0.2) is 18.6 Å². The number of fused-ring (bicyclic) bond motifs is 1. The Bertz CT molecular complexity index is 488. The molecule has 1 amide bonds. The van der Waals surface area contributed by atoms with E-state index in [4.69, 9.17) is 11.2 Å². The molecule has 1 aromatic carbocycles. The fraction of sp³-hybridized carbons (Fsp3) is 0.400. The van der Waals surface area contributed by atoms with Crippen LogP contribution in [0, 0.1) is 18.3 Å². The van der Waals surface area contributed by atoms with E-state index in [9.17, 15) is 4.79 Å². The van der Waals surface area contributed by atoms with E-state index in [0.717, 1.165) is 11.3 Å². The van der Waals surface area contributed by atoms with E-state index in [0.29, 0.717) is 6.61 Å². The highest BCUT2D eigenvalue weighted by Gasteiger charge is 2.31. The van der Waals surface area contributed by atoms with Gasteiger partial charge < -0.3 is 10.1 Å². The van der Waals surface area contributed by atoms with E-state index in [1.807, 2.05) is 38.1 Å². The fourth-order valence-electron chi connectivity index (χ4n) is 2.03. The van der Waals surface area contributed by atoms with Crippen molar-refractivity contribution in [1.82, 2.24) is 5.32 Å². The van der Waals surface area contributed by atoms with Gasteiger partial charge in [-0.05, 0) is 12.0 Å². The predicted octanol–water partition coefficient (Wildman–Crippen LogP) is 1.94. The molecule has 3 heteroatoms. The van der Waals surface area contributed by atoms with Gasteiger partial charge in [0.1, 0.15) is 18.3 Å². The fourth-order valence-corrected chi connectivity index (χ4v) is 2.03. The van der Waals surface area contributed by atoms with Gasteiger partial charge in [0, 0.05) is 5.56 Å². The Morgan fingerprint density at radius 3 is 2.89 bits per heavy atom. The van der Waals surface area contributed by atoms with Crippen molar-refractivity contribution in [1.29, 1.82) is 0 Å². The van der Waals surface area contributed by atoms with Gasteiger partial charge in [0.25, 0.3) is 0 Å². The molecule has 1 aliphatic heterocycles. The summed E-state index contributed by atoms with van der Waals surface area (Å²) in [6, 6.07) is 7.38. The highest BCUT2D eigenvalue weighted by Crippen LogP contribution is 2.33. The standard InChI is InChI=1S/C15H17NO2/c1-4-13(10(2)3)16-15(17)12-9-18-14-8-6-5-7-11(12)14/h1,5-8,10,12-13H,9H2,2-3H3,(H,16,17). The number of benzene rings is 1. The topological polar surface area (TPSA) is 38.3 Å². The minimum absolute atomic E-state index is 0.0587. The van der Waals surface area contributed by atoms with Crippen molar-refractivity contribution in [3.8, 4) is 18.1 Å². The van der Waals surface area contributed by atoms with E-state index >= 15 is 0 Å². The summed E-state index contributed by atoms with van der Waals surface area (Å²) in [4.78, 5) is 12.2. The number of hydrogen-bond acceptors (Lipinski definition) is 2. The quantitative estimate of drug-likeness (QED) is 0.824. The first-order chi connectivity index (χ1) is 8.63. The van der Waals surface area contributed by atoms with Crippen LogP contribution < -0.4 is 10.1 Å². The van der Waals surface area contributed by atoms with Crippen LogP contribution in [0.15, 0.2) is 24.3 Å². The van der Waals surface area contributed by atoms with E-state index < -0.39 is 0 Å². The molecule has 0 aliphatic carbocycles. The summed E-state index contributed by atoms with van der Waals surface area (Å²) in [5.41, 5.74) is 0.939. The number of amides is 1. The Balaban J connectivity index is 2.10. The van der Waals surface area contributed by atoms with Crippen molar-refractivity contribution >= 4 is 5.91 Å². The second-order valence-corrected chi connectivity index (χ2v) is 4.80. The summed E-state index contributed by atoms with van der Waals surface area (Å²) < 4.78 is 5.50. The first-order valence-electron chi connectivity index (χ1n) is 6.11. The maximum atomic E-state index is 12.2. The van der Waals surface area contributed by atoms with Gasteiger partial charge in [0.15, 0.2) is 0 Å². The van der Waals surface area contributed by atoms with E-state index in [-0.39, 0.29) is 23.8 Å². The summed E-state index contributed by atoms with van der Waals surface area (Å²) in [6.45, 7) is 4.37. The smallest absolute Gasteiger partial charge is 0.232 e. The van der Waals surface area contributed by atoms with Crippen LogP contribution in [0.5, 0.6) is 5.75 Å². The van der Waals surface area contributed by atoms with Crippen molar-refractivity contribution < 1.29 is 9.53 Å². The van der Waals surface area contributed by atoms with Gasteiger partial charge in [0.05, 0.1) is 6.04 Å². The van der Waals surface area contributed by atoms with Crippen LogP contribution in [0.25, 0.3) is 0 Å². The zero-order chi connectivity index (χ0) is 13.1. The lowest BCUT2D eigenvalue weighted by Gasteiger charge is -2.18. The highest BCUT2D eigenvalue weighted by molar-refractivity contribution is 5.86. The molecule has 0 fully saturated rings. The van der Waals surface area contributed by atoms with E-state index in [1.165, 1.54) is 0 Å². The molecule has 0 bridgehead atoms. The molecule has 0 saturated carbocycles. The molecular formula is C15H17NO2. The van der Waals surface area contributed by atoms with Crippen LogP contribution in [0.1, 0.15) is 25.3 Å². The molecule has 1 aromatic rings. The lowest BCUT2D eigenvalue weighted by Crippen LogP contribution is -2.40. The van der Waals surface area contributed by atoms with Gasteiger partial charge in [-0.3, -0.25) is 4.79 Å². The maximum Gasteiger partial charge on any atom is 0.232 e. The number of carbonyl (C=O) groups is 1. The van der Waals surface area contributed by atoms with Crippen molar-refractivity contribution in [3.05, 3.63) is 29.8 Å². The zero-order valence-electron chi connectivity index (χ0n) is 10.6. The lowest BCUT2D eigenvalue weighted by molar-refractivity contribution is -0.123. The number of para-hydroxylation sites is 1. The Hall–Kier alpha value is -1.95. The molecule has 0 spiro atoms. The second kappa shape index (κ2) is 5.14. The van der Waals surface area contributed by atoms with Crippen LogP contribution in [-0.2, 0) is 4.79 Å². The molecule has 94 valence electrons. The lowest BCUT2D eigenvalue weighted by atomic mass is 9.98. The largest absolute Gasteiger partial charge is 0.492 e. The van der Waals surface area contributed by atoms with Gasteiger partial charge in [-0.2, -0.15) is 0 Å². The van der Waals surface area contributed by atoms with Crippen molar-refractivity contribution in [3.63, 3.8) is 0 Å². The molecule has 2 atom stereocenters. The molecule has 1 aliphatic rings. The van der Waals surface area contributed by atoms with Crippen LogP contribution in [0.4, 0.5) is 0 Å². The number of ether oxygens (including phenoxy) is 1. The molecule has 1 N–H and O–H groups in total.